The molecule has 5 aromatic rings. The van der Waals surface area contributed by atoms with Crippen LogP contribution in [-0.4, -0.2) is 29.7 Å². The van der Waals surface area contributed by atoms with Crippen LogP contribution in [0.3, 0.4) is 0 Å². The summed E-state index contributed by atoms with van der Waals surface area (Å²) in [5, 5.41) is 4.01. The van der Waals surface area contributed by atoms with E-state index < -0.39 is 10.1 Å². The Bertz CT molecular complexity index is 1770. The van der Waals surface area contributed by atoms with Crippen molar-refractivity contribution in [3.63, 3.8) is 0 Å². The number of nitrogens with zero attached hydrogens (tertiary/aromatic N) is 3. The second-order valence-electron chi connectivity index (χ2n) is 9.47. The highest BCUT2D eigenvalue weighted by Gasteiger charge is 2.19. The summed E-state index contributed by atoms with van der Waals surface area (Å²) in [5.74, 6) is 1.53. The van der Waals surface area contributed by atoms with Gasteiger partial charge in [-0.3, -0.25) is 4.79 Å². The van der Waals surface area contributed by atoms with E-state index in [9.17, 15) is 17.8 Å². The molecule has 11 heteroatoms. The van der Waals surface area contributed by atoms with Gasteiger partial charge in [-0.25, -0.2) is 23.0 Å². The van der Waals surface area contributed by atoms with Crippen LogP contribution < -0.4 is 20.5 Å². The molecule has 1 aromatic heterocycles. The van der Waals surface area contributed by atoms with Gasteiger partial charge < -0.3 is 15.0 Å². The summed E-state index contributed by atoms with van der Waals surface area (Å²) in [4.78, 5) is 11.9. The second kappa shape index (κ2) is 13.1. The minimum absolute atomic E-state index is 0.178. The molecule has 3 N–H and O–H groups in total. The highest BCUT2D eigenvalue weighted by Crippen LogP contribution is 2.16. The van der Waals surface area contributed by atoms with E-state index in [1.54, 1.807) is 42.6 Å². The second-order valence-corrected chi connectivity index (χ2v) is 10.8. The average Bonchev–Trinajstić information content (AvgIpc) is 3.22. The number of nitrogens with two attached hydrogens (primary N) is 1. The Labute approximate surface area is 244 Å². The quantitative estimate of drug-likeness (QED) is 0.0977. The number of ether oxygens (including phenoxy) is 1. The van der Waals surface area contributed by atoms with Crippen molar-refractivity contribution in [3.05, 3.63) is 120 Å². The van der Waals surface area contributed by atoms with Gasteiger partial charge in [0.1, 0.15) is 15.9 Å². The maximum absolute atomic E-state index is 12.1. The number of benzene rings is 4. The van der Waals surface area contributed by atoms with Crippen molar-refractivity contribution >= 4 is 39.0 Å². The smallest absolute Gasteiger partial charge is 0.295 e. The molecule has 0 radical (unpaired) electrons. The maximum atomic E-state index is 12.1. The summed E-state index contributed by atoms with van der Waals surface area (Å²) in [7, 11) is -0.188. The van der Waals surface area contributed by atoms with E-state index in [0.29, 0.717) is 17.9 Å². The number of hydrogen-bond acceptors (Lipinski definition) is 7. The lowest BCUT2D eigenvalue weighted by Crippen LogP contribution is -2.33. The lowest BCUT2D eigenvalue weighted by atomic mass is 10.2. The lowest BCUT2D eigenvalue weighted by Gasteiger charge is -2.05. The number of rotatable bonds is 7. The lowest BCUT2D eigenvalue weighted by molar-refractivity contribution is -0.655. The molecule has 42 heavy (non-hydrogen) atoms. The molecule has 0 bridgehead atoms. The van der Waals surface area contributed by atoms with Crippen molar-refractivity contribution in [2.45, 2.75) is 18.4 Å². The third kappa shape index (κ3) is 7.59. The maximum Gasteiger partial charge on any atom is 0.295 e. The summed E-state index contributed by atoms with van der Waals surface area (Å²) in [6, 6.07) is 28.2. The van der Waals surface area contributed by atoms with Crippen molar-refractivity contribution < 1.29 is 27.1 Å². The number of aryl methyl sites for hydroxylation is 3. The monoisotopic (exact) mass is 585 g/mol. The SMILES string of the molecule is Cc1ccc(S(=O)(=O)[O-])cc1.Cn1c(COc2ccc(/C=N/NC(=O)c3ccc(N)cc3)cc2)[n+](C)c2ccccc21. The van der Waals surface area contributed by atoms with E-state index in [2.05, 4.69) is 31.8 Å². The number of imidazole rings is 1. The highest BCUT2D eigenvalue weighted by molar-refractivity contribution is 7.85. The van der Waals surface area contributed by atoms with Gasteiger partial charge in [0.2, 0.25) is 0 Å². The molecule has 1 amide bonds. The molecule has 0 atom stereocenters. The number of nitrogens with one attached hydrogen (secondary N) is 1. The van der Waals surface area contributed by atoms with Gasteiger partial charge in [-0.2, -0.15) is 5.10 Å². The molecule has 216 valence electrons. The van der Waals surface area contributed by atoms with Crippen LogP contribution in [0, 0.1) is 6.92 Å². The van der Waals surface area contributed by atoms with Crippen LogP contribution >= 0.6 is 0 Å². The van der Waals surface area contributed by atoms with E-state index >= 15 is 0 Å². The van der Waals surface area contributed by atoms with Gasteiger partial charge in [-0.15, -0.1) is 0 Å². The van der Waals surface area contributed by atoms with E-state index in [4.69, 9.17) is 10.5 Å². The Kier molecular flexibility index (Phi) is 9.35. The van der Waals surface area contributed by atoms with Crippen LogP contribution in [0.5, 0.6) is 5.75 Å². The molecule has 5 rings (SSSR count). The van der Waals surface area contributed by atoms with Crippen molar-refractivity contribution in [2.24, 2.45) is 19.2 Å². The first kappa shape index (κ1) is 30.0. The number of para-hydroxylation sites is 2. The number of aromatic nitrogens is 2. The van der Waals surface area contributed by atoms with Gasteiger partial charge in [0.25, 0.3) is 11.7 Å². The molecular formula is C31H31N5O5S. The number of amides is 1. The van der Waals surface area contributed by atoms with E-state index in [0.717, 1.165) is 33.7 Å². The van der Waals surface area contributed by atoms with Crippen LogP contribution in [0.15, 0.2) is 107 Å². The first-order valence-corrected chi connectivity index (χ1v) is 14.3. The Morgan fingerprint density at radius 3 is 2.26 bits per heavy atom. The molecule has 0 aliphatic heterocycles. The fourth-order valence-corrected chi connectivity index (χ4v) is 4.56. The predicted molar refractivity (Wildman–Crippen MR) is 160 cm³/mol. The van der Waals surface area contributed by atoms with Crippen molar-refractivity contribution in [1.82, 2.24) is 9.99 Å². The van der Waals surface area contributed by atoms with Gasteiger partial charge in [0.05, 0.1) is 25.2 Å². The van der Waals surface area contributed by atoms with Crippen LogP contribution in [0.25, 0.3) is 11.0 Å². The first-order valence-electron chi connectivity index (χ1n) is 12.9. The fraction of sp³-hybridized carbons (Fsp3) is 0.129. The molecular weight excluding hydrogens is 554 g/mol. The summed E-state index contributed by atoms with van der Waals surface area (Å²) >= 11 is 0. The minimum atomic E-state index is -4.27. The first-order chi connectivity index (χ1) is 20.0. The Morgan fingerprint density at radius 2 is 1.64 bits per heavy atom. The van der Waals surface area contributed by atoms with Gasteiger partial charge >= 0.3 is 0 Å². The van der Waals surface area contributed by atoms with E-state index in [1.807, 2.05) is 57.4 Å². The third-order valence-electron chi connectivity index (χ3n) is 6.49. The molecule has 0 aliphatic rings. The number of anilines is 1. The molecule has 0 saturated carbocycles. The van der Waals surface area contributed by atoms with Gasteiger partial charge in [0.15, 0.2) is 17.6 Å². The molecule has 0 saturated heterocycles. The van der Waals surface area contributed by atoms with Crippen molar-refractivity contribution in [2.75, 3.05) is 5.73 Å². The van der Waals surface area contributed by atoms with Crippen molar-refractivity contribution in [1.29, 1.82) is 0 Å². The van der Waals surface area contributed by atoms with Gasteiger partial charge in [0, 0.05) is 11.3 Å². The molecule has 4 aromatic carbocycles. The zero-order chi connectivity index (χ0) is 30.3. The highest BCUT2D eigenvalue weighted by atomic mass is 32.2. The van der Waals surface area contributed by atoms with Crippen molar-refractivity contribution in [3.8, 4) is 5.75 Å². The topological polar surface area (TPSA) is 143 Å². The number of hydrogen-bond donors (Lipinski definition) is 2. The molecule has 0 aliphatic carbocycles. The largest absolute Gasteiger partial charge is 0.744 e. The number of nitrogen functional groups attached to an aromatic ring is 1. The zero-order valence-corrected chi connectivity index (χ0v) is 24.2. The summed E-state index contributed by atoms with van der Waals surface area (Å²) < 4.78 is 41.4. The van der Waals surface area contributed by atoms with Gasteiger partial charge in [-0.1, -0.05) is 29.8 Å². The van der Waals surface area contributed by atoms with Crippen LogP contribution in [-0.2, 0) is 30.8 Å². The number of fused-ring (bicyclic) bond motifs is 1. The number of hydrazone groups is 1. The Morgan fingerprint density at radius 1 is 1.00 bits per heavy atom. The van der Waals surface area contributed by atoms with Gasteiger partial charge in [-0.05, 0) is 85.3 Å². The van der Waals surface area contributed by atoms with Crippen LogP contribution in [0.1, 0.15) is 27.3 Å². The van der Waals surface area contributed by atoms with Crippen LogP contribution in [0.4, 0.5) is 5.69 Å². The summed E-state index contributed by atoms with van der Waals surface area (Å²) in [6.45, 7) is 2.27. The van der Waals surface area contributed by atoms with E-state index in [-0.39, 0.29) is 10.8 Å². The molecule has 10 nitrogen and oxygen atoms in total. The standard InChI is InChI=1S/C24H23N5O2.C7H8O3S/c1-28-21-5-3-4-6-22(21)29(2)23(28)16-31-20-13-7-17(8-14-20)15-26-27-24(30)18-9-11-19(25)12-10-18;1-6-2-4-7(5-3-6)11(8,9)10/h3-15H,16H2,1-2H3,(H2-,25,27,30);2-5H,1H3,(H,8,9,10)/b26-15+;. The fourth-order valence-electron chi connectivity index (χ4n) is 4.10. The minimum Gasteiger partial charge on any atom is -0.744 e. The molecule has 0 spiro atoms. The summed E-state index contributed by atoms with van der Waals surface area (Å²) in [5.41, 5.74) is 13.3. The molecule has 1 heterocycles. The third-order valence-corrected chi connectivity index (χ3v) is 7.34. The Balaban J connectivity index is 0.000000310. The van der Waals surface area contributed by atoms with E-state index in [1.165, 1.54) is 12.1 Å². The number of carbonyl (C=O) groups excluding carboxylic acids is 1. The molecule has 0 fully saturated rings. The Hall–Kier alpha value is -5.00. The summed E-state index contributed by atoms with van der Waals surface area (Å²) in [6.07, 6.45) is 1.59. The normalized spacial score (nSPS) is 11.2. The predicted octanol–water partition coefficient (Wildman–Crippen LogP) is 3.83. The molecule has 0 unspecified atom stereocenters. The zero-order valence-electron chi connectivity index (χ0n) is 23.4. The average molecular weight is 586 g/mol. The van der Waals surface area contributed by atoms with Crippen LogP contribution in [0.2, 0.25) is 0 Å². The number of carbonyl (C=O) groups is 1.